The summed E-state index contributed by atoms with van der Waals surface area (Å²) >= 11 is 0. The van der Waals surface area contributed by atoms with E-state index in [2.05, 4.69) is 0 Å². The molecule has 6 heteroatoms. The molecule has 0 amide bonds. The number of carbonyl (C=O) groups is 1. The van der Waals surface area contributed by atoms with Gasteiger partial charge in [-0.3, -0.25) is 9.69 Å². The number of hydrogen-bond donors (Lipinski definition) is 1. The third kappa shape index (κ3) is 4.18. The van der Waals surface area contributed by atoms with Crippen molar-refractivity contribution in [2.45, 2.75) is 57.3 Å². The van der Waals surface area contributed by atoms with Crippen molar-refractivity contribution in [1.29, 1.82) is 0 Å². The second-order valence-electron chi connectivity index (χ2n) is 4.59. The van der Waals surface area contributed by atoms with E-state index >= 15 is 0 Å². The molecule has 1 heterocycles. The second kappa shape index (κ2) is 5.71. The van der Waals surface area contributed by atoms with E-state index in [4.69, 9.17) is 5.11 Å². The number of rotatable bonds is 3. The molecule has 17 heavy (non-hydrogen) atoms. The van der Waals surface area contributed by atoms with E-state index in [1.807, 2.05) is 0 Å². The fourth-order valence-corrected chi connectivity index (χ4v) is 2.35. The van der Waals surface area contributed by atoms with Crippen LogP contribution in [0.25, 0.3) is 0 Å². The Morgan fingerprint density at radius 3 is 2.59 bits per heavy atom. The standard InChI is InChI=1S/C11H18F3NO2/c1-8-5-3-2-4-6-15(8)9(7-10(16)17)11(12,13)14/h8-9H,2-7H2,1H3,(H,16,17). The van der Waals surface area contributed by atoms with Gasteiger partial charge in [-0.05, 0) is 26.3 Å². The quantitative estimate of drug-likeness (QED) is 0.840. The number of nitrogens with zero attached hydrogens (tertiary/aromatic N) is 1. The number of halogens is 3. The predicted molar refractivity (Wildman–Crippen MR) is 56.7 cm³/mol. The van der Waals surface area contributed by atoms with Gasteiger partial charge >= 0.3 is 12.1 Å². The van der Waals surface area contributed by atoms with E-state index in [1.165, 1.54) is 4.90 Å². The summed E-state index contributed by atoms with van der Waals surface area (Å²) in [4.78, 5) is 11.9. The minimum Gasteiger partial charge on any atom is -0.481 e. The molecule has 0 saturated carbocycles. The molecule has 0 aromatic rings. The molecule has 1 aliphatic heterocycles. The molecule has 0 spiro atoms. The van der Waals surface area contributed by atoms with Gasteiger partial charge in [0, 0.05) is 6.04 Å². The summed E-state index contributed by atoms with van der Waals surface area (Å²) in [5.41, 5.74) is 0. The lowest BCUT2D eigenvalue weighted by atomic mass is 10.1. The number of aliphatic carboxylic acids is 1. The molecule has 1 saturated heterocycles. The van der Waals surface area contributed by atoms with E-state index in [0.717, 1.165) is 12.8 Å². The maximum atomic E-state index is 12.9. The van der Waals surface area contributed by atoms with Crippen LogP contribution < -0.4 is 0 Å². The van der Waals surface area contributed by atoms with Gasteiger partial charge in [-0.25, -0.2) is 0 Å². The molecule has 100 valence electrons. The fourth-order valence-electron chi connectivity index (χ4n) is 2.35. The number of carboxylic acids is 1. The van der Waals surface area contributed by atoms with Gasteiger partial charge in [0.1, 0.15) is 6.04 Å². The van der Waals surface area contributed by atoms with Crippen molar-refractivity contribution >= 4 is 5.97 Å². The van der Waals surface area contributed by atoms with Crippen LogP contribution in [0, 0.1) is 0 Å². The van der Waals surface area contributed by atoms with Crippen LogP contribution in [0.4, 0.5) is 13.2 Å². The Morgan fingerprint density at radius 2 is 2.06 bits per heavy atom. The predicted octanol–water partition coefficient (Wildman–Crippen LogP) is 2.66. The van der Waals surface area contributed by atoms with E-state index in [0.29, 0.717) is 19.4 Å². The third-order valence-electron chi connectivity index (χ3n) is 3.25. The van der Waals surface area contributed by atoms with Crippen LogP contribution in [-0.2, 0) is 4.79 Å². The maximum absolute atomic E-state index is 12.9. The highest BCUT2D eigenvalue weighted by atomic mass is 19.4. The SMILES string of the molecule is CC1CCCCCN1C(CC(=O)O)C(F)(F)F. The first-order valence-electron chi connectivity index (χ1n) is 5.86. The summed E-state index contributed by atoms with van der Waals surface area (Å²) in [5.74, 6) is -1.40. The number of hydrogen-bond acceptors (Lipinski definition) is 2. The van der Waals surface area contributed by atoms with Crippen LogP contribution in [0.1, 0.15) is 39.0 Å². The van der Waals surface area contributed by atoms with Crippen LogP contribution >= 0.6 is 0 Å². The first-order valence-corrected chi connectivity index (χ1v) is 5.86. The van der Waals surface area contributed by atoms with Crippen LogP contribution in [0.15, 0.2) is 0 Å². The Bertz CT molecular complexity index is 268. The average Bonchev–Trinajstić information content (AvgIpc) is 2.37. The van der Waals surface area contributed by atoms with E-state index in [9.17, 15) is 18.0 Å². The number of carboxylic acid groups (broad SMARTS) is 1. The highest BCUT2D eigenvalue weighted by Crippen LogP contribution is 2.31. The highest BCUT2D eigenvalue weighted by Gasteiger charge is 2.46. The molecule has 3 nitrogen and oxygen atoms in total. The first-order chi connectivity index (χ1) is 7.82. The largest absolute Gasteiger partial charge is 0.481 e. The van der Waals surface area contributed by atoms with Gasteiger partial charge in [0.2, 0.25) is 0 Å². The van der Waals surface area contributed by atoms with Crippen molar-refractivity contribution in [3.05, 3.63) is 0 Å². The fraction of sp³-hybridized carbons (Fsp3) is 0.909. The van der Waals surface area contributed by atoms with Crippen LogP contribution in [0.3, 0.4) is 0 Å². The minimum atomic E-state index is -4.48. The number of alkyl halides is 3. The van der Waals surface area contributed by atoms with Crippen molar-refractivity contribution in [1.82, 2.24) is 4.90 Å². The van der Waals surface area contributed by atoms with Crippen LogP contribution in [-0.4, -0.2) is 40.8 Å². The third-order valence-corrected chi connectivity index (χ3v) is 3.25. The van der Waals surface area contributed by atoms with Crippen molar-refractivity contribution in [3.63, 3.8) is 0 Å². The molecule has 0 aliphatic carbocycles. The summed E-state index contributed by atoms with van der Waals surface area (Å²) in [5, 5.41) is 8.61. The first kappa shape index (κ1) is 14.3. The molecule has 1 rings (SSSR count). The number of likely N-dealkylation sites (tertiary alicyclic amines) is 1. The maximum Gasteiger partial charge on any atom is 0.404 e. The van der Waals surface area contributed by atoms with Crippen LogP contribution in [0.2, 0.25) is 0 Å². The summed E-state index contributed by atoms with van der Waals surface area (Å²) < 4.78 is 38.6. The average molecular weight is 253 g/mol. The lowest BCUT2D eigenvalue weighted by Gasteiger charge is -2.35. The molecule has 2 atom stereocenters. The molecular weight excluding hydrogens is 235 g/mol. The monoisotopic (exact) mass is 253 g/mol. The van der Waals surface area contributed by atoms with Gasteiger partial charge in [-0.1, -0.05) is 12.8 Å². The zero-order valence-corrected chi connectivity index (χ0v) is 9.83. The molecule has 2 unspecified atom stereocenters. The van der Waals surface area contributed by atoms with E-state index < -0.39 is 24.6 Å². The molecule has 0 aromatic heterocycles. The Morgan fingerprint density at radius 1 is 1.41 bits per heavy atom. The van der Waals surface area contributed by atoms with Gasteiger partial charge in [-0.15, -0.1) is 0 Å². The van der Waals surface area contributed by atoms with Gasteiger partial charge < -0.3 is 5.11 Å². The normalized spacial score (nSPS) is 25.3. The topological polar surface area (TPSA) is 40.5 Å². The summed E-state index contributed by atoms with van der Waals surface area (Å²) in [6, 6.07) is -2.06. The molecule has 1 N–H and O–H groups in total. The summed E-state index contributed by atoms with van der Waals surface area (Å²) in [6.07, 6.45) is -2.11. The molecule has 0 bridgehead atoms. The molecule has 0 aromatic carbocycles. The minimum absolute atomic E-state index is 0.205. The lowest BCUT2D eigenvalue weighted by Crippen LogP contribution is -2.50. The summed E-state index contributed by atoms with van der Waals surface area (Å²) in [6.45, 7) is 2.07. The lowest BCUT2D eigenvalue weighted by molar-refractivity contribution is -0.195. The van der Waals surface area contributed by atoms with Gasteiger partial charge in [0.05, 0.1) is 6.42 Å². The molecular formula is C11H18F3NO2. The van der Waals surface area contributed by atoms with E-state index in [-0.39, 0.29) is 6.04 Å². The Labute approximate surface area is 98.6 Å². The van der Waals surface area contributed by atoms with Crippen molar-refractivity contribution < 1.29 is 23.1 Å². The molecule has 1 fully saturated rings. The van der Waals surface area contributed by atoms with Gasteiger partial charge in [0.25, 0.3) is 0 Å². The van der Waals surface area contributed by atoms with Crippen LogP contribution in [0.5, 0.6) is 0 Å². The smallest absolute Gasteiger partial charge is 0.404 e. The Hall–Kier alpha value is -0.780. The van der Waals surface area contributed by atoms with Gasteiger partial charge in [0.15, 0.2) is 0 Å². The molecule has 0 radical (unpaired) electrons. The van der Waals surface area contributed by atoms with Crippen molar-refractivity contribution in [2.24, 2.45) is 0 Å². The van der Waals surface area contributed by atoms with Crippen molar-refractivity contribution in [3.8, 4) is 0 Å². The zero-order chi connectivity index (χ0) is 13.1. The zero-order valence-electron chi connectivity index (χ0n) is 9.83. The Kier molecular flexibility index (Phi) is 4.80. The Balaban J connectivity index is 2.83. The van der Waals surface area contributed by atoms with E-state index in [1.54, 1.807) is 6.92 Å². The van der Waals surface area contributed by atoms with Gasteiger partial charge in [-0.2, -0.15) is 13.2 Å². The summed E-state index contributed by atoms with van der Waals surface area (Å²) in [7, 11) is 0. The second-order valence-corrected chi connectivity index (χ2v) is 4.59. The van der Waals surface area contributed by atoms with Crippen molar-refractivity contribution in [2.75, 3.05) is 6.54 Å². The highest BCUT2D eigenvalue weighted by molar-refractivity contribution is 5.67. The molecule has 1 aliphatic rings.